The van der Waals surface area contributed by atoms with Crippen molar-refractivity contribution in [2.24, 2.45) is 0 Å². The quantitative estimate of drug-likeness (QED) is 0.624. The zero-order valence-corrected chi connectivity index (χ0v) is 13.3. The lowest BCUT2D eigenvalue weighted by atomic mass is 10.0. The average Bonchev–Trinajstić information content (AvgIpc) is 2.99. The summed E-state index contributed by atoms with van der Waals surface area (Å²) in [6.07, 6.45) is 4.86. The van der Waals surface area contributed by atoms with E-state index in [-0.39, 0.29) is 12.1 Å². The Morgan fingerprint density at radius 1 is 1.39 bits per heavy atom. The number of hydrogen-bond acceptors (Lipinski definition) is 4. The summed E-state index contributed by atoms with van der Waals surface area (Å²) < 4.78 is 5.35. The highest BCUT2D eigenvalue weighted by atomic mass is 16.5. The van der Waals surface area contributed by atoms with E-state index in [2.05, 4.69) is 5.32 Å². The standard InChI is InChI=1S/C18H22N2O3/c1-2-23-16-7-5-14(6-8-16)11-15(12-19)17(21)20-13-18(22)9-3-4-10-18/h5-8,11,22H,2-4,9-10,13H2,1H3,(H,20,21)/b15-11-. The molecular formula is C18H22N2O3. The highest BCUT2D eigenvalue weighted by Gasteiger charge is 2.31. The Kier molecular flexibility index (Phi) is 5.78. The monoisotopic (exact) mass is 314 g/mol. The molecule has 1 fully saturated rings. The molecule has 0 heterocycles. The Balaban J connectivity index is 2.00. The fourth-order valence-corrected chi connectivity index (χ4v) is 2.69. The molecule has 0 spiro atoms. The summed E-state index contributed by atoms with van der Waals surface area (Å²) >= 11 is 0. The van der Waals surface area contributed by atoms with Crippen molar-refractivity contribution in [1.29, 1.82) is 5.26 Å². The molecule has 0 atom stereocenters. The summed E-state index contributed by atoms with van der Waals surface area (Å²) in [5.74, 6) is 0.290. The van der Waals surface area contributed by atoms with Gasteiger partial charge in [-0.25, -0.2) is 0 Å². The molecule has 0 unspecified atom stereocenters. The number of ether oxygens (including phenoxy) is 1. The van der Waals surface area contributed by atoms with Gasteiger partial charge >= 0.3 is 0 Å². The Morgan fingerprint density at radius 2 is 2.04 bits per heavy atom. The van der Waals surface area contributed by atoms with Gasteiger partial charge in [-0.1, -0.05) is 25.0 Å². The second-order valence-corrected chi connectivity index (χ2v) is 5.79. The third kappa shape index (κ3) is 4.83. The third-order valence-electron chi connectivity index (χ3n) is 3.98. The van der Waals surface area contributed by atoms with Gasteiger partial charge < -0.3 is 15.2 Å². The first kappa shape index (κ1) is 17.0. The highest BCUT2D eigenvalue weighted by Crippen LogP contribution is 2.28. The predicted octanol–water partition coefficient (Wildman–Crippen LogP) is 2.41. The van der Waals surface area contributed by atoms with E-state index in [1.807, 2.05) is 13.0 Å². The smallest absolute Gasteiger partial charge is 0.262 e. The number of nitrogens with zero attached hydrogens (tertiary/aromatic N) is 1. The summed E-state index contributed by atoms with van der Waals surface area (Å²) in [4.78, 5) is 12.1. The Morgan fingerprint density at radius 3 is 2.61 bits per heavy atom. The summed E-state index contributed by atoms with van der Waals surface area (Å²) in [6, 6.07) is 9.09. The van der Waals surface area contributed by atoms with Crippen LogP contribution in [0.15, 0.2) is 29.8 Å². The zero-order valence-electron chi connectivity index (χ0n) is 13.3. The van der Waals surface area contributed by atoms with Crippen LogP contribution >= 0.6 is 0 Å². The molecule has 1 aromatic carbocycles. The van der Waals surface area contributed by atoms with E-state index < -0.39 is 11.5 Å². The van der Waals surface area contributed by atoms with Crippen LogP contribution in [-0.4, -0.2) is 29.8 Å². The lowest BCUT2D eigenvalue weighted by molar-refractivity contribution is -0.118. The summed E-state index contributed by atoms with van der Waals surface area (Å²) in [6.45, 7) is 2.68. The van der Waals surface area contributed by atoms with E-state index in [1.54, 1.807) is 24.3 Å². The molecule has 1 aliphatic rings. The van der Waals surface area contributed by atoms with Crippen molar-refractivity contribution in [3.8, 4) is 11.8 Å². The molecule has 0 saturated heterocycles. The maximum atomic E-state index is 12.1. The van der Waals surface area contributed by atoms with Crippen molar-refractivity contribution in [2.75, 3.05) is 13.2 Å². The molecule has 122 valence electrons. The first-order chi connectivity index (χ1) is 11.1. The number of nitriles is 1. The van der Waals surface area contributed by atoms with Gasteiger partial charge in [0.2, 0.25) is 0 Å². The first-order valence-corrected chi connectivity index (χ1v) is 7.91. The van der Waals surface area contributed by atoms with Crippen LogP contribution in [0.4, 0.5) is 0 Å². The molecular weight excluding hydrogens is 292 g/mol. The van der Waals surface area contributed by atoms with E-state index in [4.69, 9.17) is 4.74 Å². The van der Waals surface area contributed by atoms with E-state index in [9.17, 15) is 15.2 Å². The van der Waals surface area contributed by atoms with Crippen molar-refractivity contribution in [3.05, 3.63) is 35.4 Å². The maximum Gasteiger partial charge on any atom is 0.262 e. The van der Waals surface area contributed by atoms with E-state index in [1.165, 1.54) is 6.08 Å². The molecule has 5 heteroatoms. The number of nitrogens with one attached hydrogen (secondary N) is 1. The largest absolute Gasteiger partial charge is 0.494 e. The van der Waals surface area contributed by atoms with Crippen LogP contribution in [-0.2, 0) is 4.79 Å². The lowest BCUT2D eigenvalue weighted by Gasteiger charge is -2.22. The maximum absolute atomic E-state index is 12.1. The number of carbonyl (C=O) groups is 1. The van der Waals surface area contributed by atoms with Gasteiger partial charge in [0.15, 0.2) is 0 Å². The van der Waals surface area contributed by atoms with Gasteiger partial charge in [-0.05, 0) is 43.5 Å². The Labute approximate surface area is 136 Å². The average molecular weight is 314 g/mol. The molecule has 1 saturated carbocycles. The van der Waals surface area contributed by atoms with Gasteiger partial charge in [-0.15, -0.1) is 0 Å². The van der Waals surface area contributed by atoms with Gasteiger partial charge in [0, 0.05) is 6.54 Å². The number of amides is 1. The van der Waals surface area contributed by atoms with Gasteiger partial charge in [0.1, 0.15) is 17.4 Å². The molecule has 1 aliphatic carbocycles. The van der Waals surface area contributed by atoms with Crippen molar-refractivity contribution < 1.29 is 14.6 Å². The molecule has 5 nitrogen and oxygen atoms in total. The van der Waals surface area contributed by atoms with Crippen LogP contribution in [0.2, 0.25) is 0 Å². The number of carbonyl (C=O) groups excluding carboxylic acids is 1. The number of aliphatic hydroxyl groups is 1. The molecule has 23 heavy (non-hydrogen) atoms. The van der Waals surface area contributed by atoms with Crippen molar-refractivity contribution in [1.82, 2.24) is 5.32 Å². The van der Waals surface area contributed by atoms with Gasteiger partial charge in [-0.2, -0.15) is 5.26 Å². The Bertz CT molecular complexity index is 608. The number of rotatable bonds is 6. The molecule has 2 rings (SSSR count). The van der Waals surface area contributed by atoms with Gasteiger partial charge in [-0.3, -0.25) is 4.79 Å². The van der Waals surface area contributed by atoms with Crippen LogP contribution in [0.1, 0.15) is 38.2 Å². The lowest BCUT2D eigenvalue weighted by Crippen LogP contribution is -2.41. The summed E-state index contributed by atoms with van der Waals surface area (Å²) in [7, 11) is 0. The summed E-state index contributed by atoms with van der Waals surface area (Å²) in [5, 5.41) is 22.1. The molecule has 1 aromatic rings. The van der Waals surface area contributed by atoms with Crippen LogP contribution in [0, 0.1) is 11.3 Å². The highest BCUT2D eigenvalue weighted by molar-refractivity contribution is 6.01. The normalized spacial score (nSPS) is 16.7. The second-order valence-electron chi connectivity index (χ2n) is 5.79. The fourth-order valence-electron chi connectivity index (χ4n) is 2.69. The number of benzene rings is 1. The van der Waals surface area contributed by atoms with Crippen molar-refractivity contribution in [3.63, 3.8) is 0 Å². The fraction of sp³-hybridized carbons (Fsp3) is 0.444. The van der Waals surface area contributed by atoms with Gasteiger partial charge in [0.05, 0.1) is 12.2 Å². The SMILES string of the molecule is CCOc1ccc(/C=C(/C#N)C(=O)NCC2(O)CCCC2)cc1. The van der Waals surface area contributed by atoms with Crippen LogP contribution in [0.25, 0.3) is 6.08 Å². The van der Waals surface area contributed by atoms with E-state index in [0.717, 1.165) is 24.2 Å². The van der Waals surface area contributed by atoms with E-state index >= 15 is 0 Å². The second kappa shape index (κ2) is 7.80. The van der Waals surface area contributed by atoms with Crippen LogP contribution in [0.5, 0.6) is 5.75 Å². The molecule has 0 radical (unpaired) electrons. The molecule has 1 amide bonds. The number of hydrogen-bond donors (Lipinski definition) is 2. The minimum absolute atomic E-state index is 0.0238. The van der Waals surface area contributed by atoms with E-state index in [0.29, 0.717) is 19.4 Å². The Hall–Kier alpha value is -2.32. The molecule has 0 bridgehead atoms. The van der Waals surface area contributed by atoms with Crippen molar-refractivity contribution in [2.45, 2.75) is 38.2 Å². The zero-order chi connectivity index (χ0) is 16.7. The molecule has 0 aromatic heterocycles. The van der Waals surface area contributed by atoms with Gasteiger partial charge in [0.25, 0.3) is 5.91 Å². The molecule has 0 aliphatic heterocycles. The molecule has 2 N–H and O–H groups in total. The topological polar surface area (TPSA) is 82.3 Å². The van der Waals surface area contributed by atoms with Crippen molar-refractivity contribution >= 4 is 12.0 Å². The summed E-state index contributed by atoms with van der Waals surface area (Å²) in [5.41, 5.74) is -0.0504. The first-order valence-electron chi connectivity index (χ1n) is 7.91. The van der Waals surface area contributed by atoms with Crippen LogP contribution < -0.4 is 10.1 Å². The minimum Gasteiger partial charge on any atom is -0.494 e. The minimum atomic E-state index is -0.824. The third-order valence-corrected chi connectivity index (χ3v) is 3.98. The van der Waals surface area contributed by atoms with Crippen LogP contribution in [0.3, 0.4) is 0 Å². The predicted molar refractivity (Wildman–Crippen MR) is 87.6 cm³/mol.